The molecule has 0 aromatic rings. The molecule has 15 heavy (non-hydrogen) atoms. The molecule has 0 aromatic heterocycles. The molecule has 2 nitrogen and oxygen atoms in total. The normalized spacial score (nSPS) is 13.6. The summed E-state index contributed by atoms with van der Waals surface area (Å²) in [5.41, 5.74) is 0. The molecule has 3 heteroatoms. The molecule has 0 amide bonds. The zero-order valence-corrected chi connectivity index (χ0v) is 11.2. The SMILES string of the molecule is CCCCC(C)B(OC(C)C)OC(C)C. The monoisotopic (exact) mass is 214 g/mol. The predicted octanol–water partition coefficient (Wildman–Crippen LogP) is 3.90. The molecule has 90 valence electrons. The van der Waals surface area contributed by atoms with Gasteiger partial charge in [0.2, 0.25) is 0 Å². The molecule has 0 bridgehead atoms. The predicted molar refractivity (Wildman–Crippen MR) is 67.1 cm³/mol. The van der Waals surface area contributed by atoms with Gasteiger partial charge in [-0.2, -0.15) is 0 Å². The van der Waals surface area contributed by atoms with Crippen LogP contribution in [0.5, 0.6) is 0 Å². The summed E-state index contributed by atoms with van der Waals surface area (Å²) in [7, 11) is -0.0449. The fraction of sp³-hybridized carbons (Fsp3) is 1.00. The molecule has 0 aliphatic rings. The summed E-state index contributed by atoms with van der Waals surface area (Å²) in [6, 6.07) is 0. The second-order valence-corrected chi connectivity index (χ2v) is 4.86. The first-order valence-corrected chi connectivity index (χ1v) is 6.28. The summed E-state index contributed by atoms with van der Waals surface area (Å²) in [5, 5.41) is 0. The van der Waals surface area contributed by atoms with E-state index in [4.69, 9.17) is 9.31 Å². The lowest BCUT2D eigenvalue weighted by molar-refractivity contribution is 0.122. The largest absolute Gasteiger partial charge is 0.460 e. The Morgan fingerprint density at radius 2 is 1.40 bits per heavy atom. The minimum absolute atomic E-state index is 0.0449. The summed E-state index contributed by atoms with van der Waals surface area (Å²) in [4.78, 5) is 0. The second kappa shape index (κ2) is 8.17. The van der Waals surface area contributed by atoms with Gasteiger partial charge in [-0.1, -0.05) is 33.1 Å². The van der Waals surface area contributed by atoms with Gasteiger partial charge in [0.15, 0.2) is 0 Å². The maximum Gasteiger partial charge on any atom is 0.460 e. The molecule has 1 unspecified atom stereocenters. The highest BCUT2D eigenvalue weighted by Crippen LogP contribution is 2.21. The van der Waals surface area contributed by atoms with Gasteiger partial charge >= 0.3 is 7.12 Å². The molecule has 1 atom stereocenters. The van der Waals surface area contributed by atoms with Crippen LogP contribution in [0.1, 0.15) is 60.8 Å². The molecule has 0 saturated carbocycles. The standard InChI is InChI=1S/C12H27BO2/c1-7-8-9-12(6)13(14-10(2)3)15-11(4)5/h10-12H,7-9H2,1-6H3. The van der Waals surface area contributed by atoms with Gasteiger partial charge in [0.1, 0.15) is 0 Å². The molecule has 0 fully saturated rings. The minimum Gasteiger partial charge on any atom is -0.409 e. The number of rotatable bonds is 8. The summed E-state index contributed by atoms with van der Waals surface area (Å²) in [6.07, 6.45) is 4.14. The summed E-state index contributed by atoms with van der Waals surface area (Å²) < 4.78 is 11.6. The topological polar surface area (TPSA) is 18.5 Å². The van der Waals surface area contributed by atoms with Crippen LogP contribution in [0.25, 0.3) is 0 Å². The van der Waals surface area contributed by atoms with E-state index in [2.05, 4.69) is 41.5 Å². The first-order valence-electron chi connectivity index (χ1n) is 6.28. The minimum atomic E-state index is -0.0449. The highest BCUT2D eigenvalue weighted by molar-refractivity contribution is 6.46. The van der Waals surface area contributed by atoms with Crippen LogP contribution in [0.4, 0.5) is 0 Å². The quantitative estimate of drug-likeness (QED) is 0.570. The molecular formula is C12H27BO2. The smallest absolute Gasteiger partial charge is 0.409 e. The highest BCUT2D eigenvalue weighted by atomic mass is 16.6. The highest BCUT2D eigenvalue weighted by Gasteiger charge is 2.28. The van der Waals surface area contributed by atoms with Crippen molar-refractivity contribution >= 4 is 7.12 Å². The van der Waals surface area contributed by atoms with E-state index in [-0.39, 0.29) is 19.3 Å². The number of hydrogen-bond donors (Lipinski definition) is 0. The lowest BCUT2D eigenvalue weighted by Gasteiger charge is -2.24. The fourth-order valence-corrected chi connectivity index (χ4v) is 1.50. The van der Waals surface area contributed by atoms with E-state index >= 15 is 0 Å². The Bertz CT molecular complexity index is 139. The van der Waals surface area contributed by atoms with Gasteiger partial charge in [0.05, 0.1) is 0 Å². The average Bonchev–Trinajstić information content (AvgIpc) is 2.11. The van der Waals surface area contributed by atoms with Crippen molar-refractivity contribution in [3.8, 4) is 0 Å². The lowest BCUT2D eigenvalue weighted by atomic mass is 9.70. The van der Waals surface area contributed by atoms with Crippen molar-refractivity contribution in [3.63, 3.8) is 0 Å². The Morgan fingerprint density at radius 3 is 1.73 bits per heavy atom. The van der Waals surface area contributed by atoms with E-state index in [9.17, 15) is 0 Å². The maximum absolute atomic E-state index is 5.80. The molecule has 0 aromatic carbocycles. The second-order valence-electron chi connectivity index (χ2n) is 4.86. The van der Waals surface area contributed by atoms with Crippen molar-refractivity contribution in [1.29, 1.82) is 0 Å². The first-order chi connectivity index (χ1) is 6.97. The van der Waals surface area contributed by atoms with Crippen LogP contribution in [-0.2, 0) is 9.31 Å². The van der Waals surface area contributed by atoms with Crippen LogP contribution in [0, 0.1) is 0 Å². The van der Waals surface area contributed by atoms with Crippen molar-refractivity contribution < 1.29 is 9.31 Å². The van der Waals surface area contributed by atoms with E-state index < -0.39 is 0 Å². The van der Waals surface area contributed by atoms with Gasteiger partial charge in [-0.3, -0.25) is 0 Å². The zero-order valence-electron chi connectivity index (χ0n) is 11.2. The molecule has 0 rings (SSSR count). The third-order valence-electron chi connectivity index (χ3n) is 2.29. The van der Waals surface area contributed by atoms with Gasteiger partial charge in [0, 0.05) is 12.2 Å². The van der Waals surface area contributed by atoms with Crippen LogP contribution in [0.15, 0.2) is 0 Å². The molecule has 0 spiro atoms. The van der Waals surface area contributed by atoms with Gasteiger partial charge in [-0.05, 0) is 33.5 Å². The molecule has 0 N–H and O–H groups in total. The van der Waals surface area contributed by atoms with Crippen LogP contribution < -0.4 is 0 Å². The van der Waals surface area contributed by atoms with E-state index in [0.29, 0.717) is 5.82 Å². The van der Waals surface area contributed by atoms with Crippen LogP contribution in [-0.4, -0.2) is 19.3 Å². The number of hydrogen-bond acceptors (Lipinski definition) is 2. The number of unbranched alkanes of at least 4 members (excludes halogenated alkanes) is 1. The van der Waals surface area contributed by atoms with Crippen molar-refractivity contribution in [2.24, 2.45) is 0 Å². The molecule has 0 radical (unpaired) electrons. The Hall–Kier alpha value is -0.0151. The third-order valence-corrected chi connectivity index (χ3v) is 2.29. The molecular weight excluding hydrogens is 187 g/mol. The molecule has 0 aliphatic heterocycles. The Kier molecular flexibility index (Phi) is 8.17. The Morgan fingerprint density at radius 1 is 0.933 bits per heavy atom. The van der Waals surface area contributed by atoms with Gasteiger partial charge in [-0.15, -0.1) is 0 Å². The summed E-state index contributed by atoms with van der Waals surface area (Å²) in [6.45, 7) is 12.7. The van der Waals surface area contributed by atoms with Gasteiger partial charge < -0.3 is 9.31 Å². The third kappa shape index (κ3) is 7.86. The molecule has 0 aliphatic carbocycles. The maximum atomic E-state index is 5.80. The van der Waals surface area contributed by atoms with Gasteiger partial charge in [0.25, 0.3) is 0 Å². The fourth-order valence-electron chi connectivity index (χ4n) is 1.50. The van der Waals surface area contributed by atoms with Crippen LogP contribution >= 0.6 is 0 Å². The van der Waals surface area contributed by atoms with E-state index in [1.807, 2.05) is 0 Å². The zero-order chi connectivity index (χ0) is 11.8. The van der Waals surface area contributed by atoms with Crippen molar-refractivity contribution in [3.05, 3.63) is 0 Å². The van der Waals surface area contributed by atoms with E-state index in [0.717, 1.165) is 0 Å². The summed E-state index contributed by atoms with van der Waals surface area (Å²) >= 11 is 0. The van der Waals surface area contributed by atoms with Crippen molar-refractivity contribution in [1.82, 2.24) is 0 Å². The lowest BCUT2D eigenvalue weighted by Crippen LogP contribution is -2.33. The Balaban J connectivity index is 4.07. The van der Waals surface area contributed by atoms with Crippen molar-refractivity contribution in [2.45, 2.75) is 78.8 Å². The van der Waals surface area contributed by atoms with E-state index in [1.165, 1.54) is 19.3 Å². The molecule has 0 saturated heterocycles. The first kappa shape index (κ1) is 15.0. The summed E-state index contributed by atoms with van der Waals surface area (Å²) in [5.74, 6) is 0.481. The van der Waals surface area contributed by atoms with Crippen LogP contribution in [0.3, 0.4) is 0 Å². The van der Waals surface area contributed by atoms with E-state index in [1.54, 1.807) is 0 Å². The molecule has 0 heterocycles. The van der Waals surface area contributed by atoms with Crippen molar-refractivity contribution in [2.75, 3.05) is 0 Å². The Labute approximate surface area is 95.9 Å². The average molecular weight is 214 g/mol. The van der Waals surface area contributed by atoms with Crippen LogP contribution in [0.2, 0.25) is 5.82 Å². The van der Waals surface area contributed by atoms with Gasteiger partial charge in [-0.25, -0.2) is 0 Å².